The van der Waals surface area contributed by atoms with Gasteiger partial charge in [-0.3, -0.25) is 4.79 Å². The van der Waals surface area contributed by atoms with E-state index in [2.05, 4.69) is 0 Å². The van der Waals surface area contributed by atoms with Crippen molar-refractivity contribution in [3.63, 3.8) is 0 Å². The SMILES string of the molecule is CCOCC(=O)c1cc(OC)ccc1OC. The summed E-state index contributed by atoms with van der Waals surface area (Å²) in [7, 11) is 3.08. The van der Waals surface area contributed by atoms with Crippen molar-refractivity contribution >= 4 is 5.78 Å². The molecule has 1 aromatic rings. The fraction of sp³-hybridized carbons (Fsp3) is 0.417. The topological polar surface area (TPSA) is 44.8 Å². The average Bonchev–Trinajstić information content (AvgIpc) is 2.35. The molecule has 0 saturated carbocycles. The van der Waals surface area contributed by atoms with E-state index in [1.54, 1.807) is 25.3 Å². The van der Waals surface area contributed by atoms with Crippen LogP contribution in [0.3, 0.4) is 0 Å². The Morgan fingerprint density at radius 2 is 2.00 bits per heavy atom. The van der Waals surface area contributed by atoms with E-state index >= 15 is 0 Å². The van der Waals surface area contributed by atoms with Gasteiger partial charge in [0.1, 0.15) is 18.1 Å². The van der Waals surface area contributed by atoms with E-state index in [1.807, 2.05) is 6.92 Å². The van der Waals surface area contributed by atoms with Gasteiger partial charge in [-0.25, -0.2) is 0 Å². The number of methoxy groups -OCH3 is 2. The number of hydrogen-bond donors (Lipinski definition) is 0. The summed E-state index contributed by atoms with van der Waals surface area (Å²) in [4.78, 5) is 11.8. The van der Waals surface area contributed by atoms with Gasteiger partial charge in [0.25, 0.3) is 0 Å². The molecule has 0 aromatic heterocycles. The van der Waals surface area contributed by atoms with Crippen molar-refractivity contribution in [2.75, 3.05) is 27.4 Å². The van der Waals surface area contributed by atoms with Crippen LogP contribution in [-0.2, 0) is 4.74 Å². The van der Waals surface area contributed by atoms with E-state index in [0.29, 0.717) is 23.7 Å². The summed E-state index contributed by atoms with van der Waals surface area (Å²) < 4.78 is 15.3. The van der Waals surface area contributed by atoms with Crippen molar-refractivity contribution in [3.8, 4) is 11.5 Å². The summed E-state index contributed by atoms with van der Waals surface area (Å²) >= 11 is 0. The minimum absolute atomic E-state index is 0.0556. The Balaban J connectivity index is 2.94. The van der Waals surface area contributed by atoms with Crippen LogP contribution in [0.2, 0.25) is 0 Å². The Hall–Kier alpha value is -1.55. The minimum atomic E-state index is -0.113. The number of ether oxygens (including phenoxy) is 3. The zero-order chi connectivity index (χ0) is 12.0. The first-order chi connectivity index (χ1) is 7.72. The monoisotopic (exact) mass is 224 g/mol. The van der Waals surface area contributed by atoms with Crippen LogP contribution in [0, 0.1) is 0 Å². The first-order valence-electron chi connectivity index (χ1n) is 5.05. The predicted octanol–water partition coefficient (Wildman–Crippen LogP) is 1.92. The number of benzene rings is 1. The van der Waals surface area contributed by atoms with Gasteiger partial charge in [-0.15, -0.1) is 0 Å². The molecule has 0 aliphatic carbocycles. The third-order valence-electron chi connectivity index (χ3n) is 2.14. The van der Waals surface area contributed by atoms with Gasteiger partial charge in [0.2, 0.25) is 0 Å². The summed E-state index contributed by atoms with van der Waals surface area (Å²) in [6.07, 6.45) is 0. The largest absolute Gasteiger partial charge is 0.497 e. The van der Waals surface area contributed by atoms with Crippen LogP contribution in [0.25, 0.3) is 0 Å². The van der Waals surface area contributed by atoms with Crippen LogP contribution < -0.4 is 9.47 Å². The first kappa shape index (κ1) is 12.5. The van der Waals surface area contributed by atoms with Gasteiger partial charge in [0, 0.05) is 6.61 Å². The number of carbonyl (C=O) groups excluding carboxylic acids is 1. The van der Waals surface area contributed by atoms with Gasteiger partial charge in [-0.1, -0.05) is 0 Å². The Morgan fingerprint density at radius 3 is 2.56 bits per heavy atom. The van der Waals surface area contributed by atoms with Crippen LogP contribution in [-0.4, -0.2) is 33.2 Å². The van der Waals surface area contributed by atoms with E-state index in [-0.39, 0.29) is 12.4 Å². The normalized spacial score (nSPS) is 9.94. The van der Waals surface area contributed by atoms with Crippen molar-refractivity contribution in [1.29, 1.82) is 0 Å². The zero-order valence-electron chi connectivity index (χ0n) is 9.78. The molecule has 0 spiro atoms. The Morgan fingerprint density at radius 1 is 1.25 bits per heavy atom. The van der Waals surface area contributed by atoms with E-state index in [9.17, 15) is 4.79 Å². The molecule has 0 aliphatic rings. The number of Topliss-reactive ketones (excluding diaryl/α,β-unsaturated/α-hetero) is 1. The maximum absolute atomic E-state index is 11.8. The molecule has 0 atom stereocenters. The number of ketones is 1. The Labute approximate surface area is 95.1 Å². The zero-order valence-corrected chi connectivity index (χ0v) is 9.78. The summed E-state index contributed by atoms with van der Waals surface area (Å²) in [5.74, 6) is 1.05. The lowest BCUT2D eigenvalue weighted by molar-refractivity contribution is 0.0780. The molecular weight excluding hydrogens is 208 g/mol. The molecule has 0 radical (unpaired) electrons. The highest BCUT2D eigenvalue weighted by atomic mass is 16.5. The maximum Gasteiger partial charge on any atom is 0.192 e. The van der Waals surface area contributed by atoms with Crippen molar-refractivity contribution < 1.29 is 19.0 Å². The second kappa shape index (κ2) is 6.12. The van der Waals surface area contributed by atoms with Crippen LogP contribution >= 0.6 is 0 Å². The van der Waals surface area contributed by atoms with Crippen molar-refractivity contribution in [2.45, 2.75) is 6.92 Å². The molecule has 0 bridgehead atoms. The molecule has 0 aliphatic heterocycles. The Kier molecular flexibility index (Phi) is 4.79. The molecule has 4 nitrogen and oxygen atoms in total. The van der Waals surface area contributed by atoms with Crippen molar-refractivity contribution in [1.82, 2.24) is 0 Å². The maximum atomic E-state index is 11.8. The Bertz CT molecular complexity index is 360. The fourth-order valence-electron chi connectivity index (χ4n) is 1.30. The molecule has 0 saturated heterocycles. The summed E-state index contributed by atoms with van der Waals surface area (Å²) in [6.45, 7) is 2.41. The van der Waals surface area contributed by atoms with Gasteiger partial charge < -0.3 is 14.2 Å². The highest BCUT2D eigenvalue weighted by Crippen LogP contribution is 2.24. The van der Waals surface area contributed by atoms with Gasteiger partial charge in [0.15, 0.2) is 5.78 Å². The van der Waals surface area contributed by atoms with Crippen LogP contribution in [0.1, 0.15) is 17.3 Å². The van der Waals surface area contributed by atoms with Gasteiger partial charge in [-0.2, -0.15) is 0 Å². The lowest BCUT2D eigenvalue weighted by atomic mass is 10.1. The van der Waals surface area contributed by atoms with Crippen molar-refractivity contribution in [3.05, 3.63) is 23.8 Å². The van der Waals surface area contributed by atoms with E-state index in [0.717, 1.165) is 0 Å². The highest BCUT2D eigenvalue weighted by molar-refractivity contribution is 6.00. The highest BCUT2D eigenvalue weighted by Gasteiger charge is 2.13. The molecular formula is C12H16O4. The summed E-state index contributed by atoms with van der Waals surface area (Å²) in [6, 6.07) is 5.11. The van der Waals surface area contributed by atoms with Crippen LogP contribution in [0.15, 0.2) is 18.2 Å². The third kappa shape index (κ3) is 2.97. The van der Waals surface area contributed by atoms with E-state index in [1.165, 1.54) is 7.11 Å². The van der Waals surface area contributed by atoms with Gasteiger partial charge in [-0.05, 0) is 25.1 Å². The number of hydrogen-bond acceptors (Lipinski definition) is 4. The summed E-state index contributed by atoms with van der Waals surface area (Å²) in [5, 5.41) is 0. The van der Waals surface area contributed by atoms with Gasteiger partial charge in [0.05, 0.1) is 19.8 Å². The molecule has 1 rings (SSSR count). The molecule has 0 N–H and O–H groups in total. The van der Waals surface area contributed by atoms with Crippen LogP contribution in [0.4, 0.5) is 0 Å². The molecule has 1 aromatic carbocycles. The predicted molar refractivity (Wildman–Crippen MR) is 60.4 cm³/mol. The van der Waals surface area contributed by atoms with E-state index in [4.69, 9.17) is 14.2 Å². The lowest BCUT2D eigenvalue weighted by Crippen LogP contribution is -2.10. The molecule has 88 valence electrons. The molecule has 0 unspecified atom stereocenters. The number of carbonyl (C=O) groups is 1. The minimum Gasteiger partial charge on any atom is -0.497 e. The van der Waals surface area contributed by atoms with Gasteiger partial charge >= 0.3 is 0 Å². The summed E-state index contributed by atoms with van der Waals surface area (Å²) in [5.41, 5.74) is 0.482. The smallest absolute Gasteiger partial charge is 0.192 e. The standard InChI is InChI=1S/C12H16O4/c1-4-16-8-11(13)10-7-9(14-2)5-6-12(10)15-3/h5-7H,4,8H2,1-3H3. The van der Waals surface area contributed by atoms with Crippen LogP contribution in [0.5, 0.6) is 11.5 Å². The average molecular weight is 224 g/mol. The first-order valence-corrected chi connectivity index (χ1v) is 5.05. The number of rotatable bonds is 6. The second-order valence-corrected chi connectivity index (χ2v) is 3.13. The molecule has 4 heteroatoms. The van der Waals surface area contributed by atoms with Crippen molar-refractivity contribution in [2.24, 2.45) is 0 Å². The fourth-order valence-corrected chi connectivity index (χ4v) is 1.30. The third-order valence-corrected chi connectivity index (χ3v) is 2.14. The molecule has 0 amide bonds. The molecule has 0 heterocycles. The lowest BCUT2D eigenvalue weighted by Gasteiger charge is -2.09. The molecule has 16 heavy (non-hydrogen) atoms. The van der Waals surface area contributed by atoms with E-state index < -0.39 is 0 Å². The molecule has 0 fully saturated rings. The second-order valence-electron chi connectivity index (χ2n) is 3.13. The quantitative estimate of drug-likeness (QED) is 0.692.